The first-order chi connectivity index (χ1) is 8.09. The molecule has 1 aliphatic heterocycles. The number of phenolic OH excluding ortho intramolecular Hbond substituents is 1. The predicted molar refractivity (Wildman–Crippen MR) is 76.4 cm³/mol. The minimum absolute atomic E-state index is 0.222. The molecule has 0 saturated carbocycles. The molecule has 1 fully saturated rings. The molecule has 17 heavy (non-hydrogen) atoms. The minimum Gasteiger partial charge on any atom is -0.508 e. The lowest BCUT2D eigenvalue weighted by atomic mass is 10.1. The van der Waals surface area contributed by atoms with Crippen LogP contribution < -0.4 is 5.32 Å². The Kier molecular flexibility index (Phi) is 4.47. The molecule has 1 saturated heterocycles. The molecule has 94 valence electrons. The van der Waals surface area contributed by atoms with Crippen LogP contribution in [0.15, 0.2) is 21.1 Å². The van der Waals surface area contributed by atoms with Crippen molar-refractivity contribution in [3.8, 4) is 5.75 Å². The fourth-order valence-corrected chi connectivity index (χ4v) is 3.77. The van der Waals surface area contributed by atoms with E-state index in [0.29, 0.717) is 5.75 Å². The van der Waals surface area contributed by atoms with Crippen molar-refractivity contribution in [3.63, 3.8) is 0 Å². The van der Waals surface area contributed by atoms with Crippen LogP contribution in [0, 0.1) is 0 Å². The van der Waals surface area contributed by atoms with E-state index in [2.05, 4.69) is 49.0 Å². The van der Waals surface area contributed by atoms with Gasteiger partial charge in [-0.2, -0.15) is 0 Å². The third kappa shape index (κ3) is 3.02. The molecule has 1 aromatic carbocycles. The van der Waals surface area contributed by atoms with Crippen molar-refractivity contribution in [1.29, 1.82) is 0 Å². The minimum atomic E-state index is 0.222. The van der Waals surface area contributed by atoms with Crippen LogP contribution in [0.4, 0.5) is 0 Å². The molecular weight excluding hydrogens is 348 g/mol. The Labute approximate surface area is 118 Å². The molecular formula is C12H16Br2N2O. The van der Waals surface area contributed by atoms with E-state index in [4.69, 9.17) is 0 Å². The molecule has 0 unspecified atom stereocenters. The predicted octanol–water partition coefficient (Wildman–Crippen LogP) is 2.88. The fourth-order valence-electron chi connectivity index (χ4n) is 2.24. The number of nitrogens with zero attached hydrogens (tertiary/aromatic N) is 1. The van der Waals surface area contributed by atoms with Gasteiger partial charge in [0.2, 0.25) is 0 Å². The van der Waals surface area contributed by atoms with E-state index >= 15 is 0 Å². The largest absolute Gasteiger partial charge is 0.508 e. The van der Waals surface area contributed by atoms with Crippen LogP contribution in [0.3, 0.4) is 0 Å². The van der Waals surface area contributed by atoms with Gasteiger partial charge in [0, 0.05) is 46.7 Å². The molecule has 2 rings (SSSR count). The van der Waals surface area contributed by atoms with E-state index < -0.39 is 0 Å². The van der Waals surface area contributed by atoms with E-state index in [9.17, 15) is 5.11 Å². The number of benzene rings is 1. The summed E-state index contributed by atoms with van der Waals surface area (Å²) in [6.45, 7) is 6.20. The van der Waals surface area contributed by atoms with Crippen molar-refractivity contribution in [1.82, 2.24) is 10.2 Å². The summed E-state index contributed by atoms with van der Waals surface area (Å²) in [4.78, 5) is 2.38. The maximum Gasteiger partial charge on any atom is 0.122 e. The molecule has 0 bridgehead atoms. The lowest BCUT2D eigenvalue weighted by Crippen LogP contribution is -2.44. The smallest absolute Gasteiger partial charge is 0.122 e. The number of piperazine rings is 1. The highest BCUT2D eigenvalue weighted by Crippen LogP contribution is 2.37. The number of phenols is 1. The van der Waals surface area contributed by atoms with Gasteiger partial charge in [0.15, 0.2) is 0 Å². The third-order valence-electron chi connectivity index (χ3n) is 3.19. The van der Waals surface area contributed by atoms with Crippen LogP contribution in [0.5, 0.6) is 5.75 Å². The number of hydrogen-bond acceptors (Lipinski definition) is 3. The number of halogens is 2. The van der Waals surface area contributed by atoms with E-state index in [1.165, 1.54) is 0 Å². The van der Waals surface area contributed by atoms with E-state index in [1.807, 2.05) is 6.07 Å². The highest BCUT2D eigenvalue weighted by Gasteiger charge is 2.22. The average Bonchev–Trinajstić information content (AvgIpc) is 2.28. The topological polar surface area (TPSA) is 35.5 Å². The Morgan fingerprint density at radius 1 is 1.29 bits per heavy atom. The van der Waals surface area contributed by atoms with Gasteiger partial charge in [-0.15, -0.1) is 0 Å². The molecule has 5 heteroatoms. The maximum atomic E-state index is 10.1. The van der Waals surface area contributed by atoms with Gasteiger partial charge in [0.1, 0.15) is 5.75 Å². The van der Waals surface area contributed by atoms with Gasteiger partial charge in [-0.1, -0.05) is 31.9 Å². The van der Waals surface area contributed by atoms with Gasteiger partial charge < -0.3 is 10.4 Å². The van der Waals surface area contributed by atoms with Crippen molar-refractivity contribution >= 4 is 31.9 Å². The first-order valence-corrected chi connectivity index (χ1v) is 7.31. The average molecular weight is 364 g/mol. The molecule has 1 aliphatic rings. The second-order valence-corrected chi connectivity index (χ2v) is 6.05. The molecule has 3 nitrogen and oxygen atoms in total. The molecule has 2 N–H and O–H groups in total. The zero-order valence-electron chi connectivity index (χ0n) is 9.71. The number of rotatable bonds is 2. The van der Waals surface area contributed by atoms with Crippen LogP contribution in [-0.4, -0.2) is 36.2 Å². The normalized spacial score (nSPS) is 19.2. The lowest BCUT2D eigenvalue weighted by Gasteiger charge is -2.33. The zero-order valence-corrected chi connectivity index (χ0v) is 12.9. The van der Waals surface area contributed by atoms with Crippen molar-refractivity contribution in [2.45, 2.75) is 13.0 Å². The first kappa shape index (κ1) is 13.3. The van der Waals surface area contributed by atoms with Gasteiger partial charge in [-0.05, 0) is 19.1 Å². The van der Waals surface area contributed by atoms with Crippen LogP contribution in [0.2, 0.25) is 0 Å². The first-order valence-electron chi connectivity index (χ1n) is 5.72. The standard InChI is InChI=1S/C12H16Br2N2O/c1-8(16-4-2-15-3-5-16)12-10(14)6-9(13)7-11(12)17/h6-8,15,17H,2-5H2,1H3/t8-/m1/s1. The molecule has 0 aliphatic carbocycles. The van der Waals surface area contributed by atoms with Crippen LogP contribution in [0.25, 0.3) is 0 Å². The Hall–Kier alpha value is -0.100. The van der Waals surface area contributed by atoms with E-state index in [0.717, 1.165) is 40.7 Å². The van der Waals surface area contributed by atoms with Gasteiger partial charge in [-0.3, -0.25) is 4.90 Å². The van der Waals surface area contributed by atoms with Gasteiger partial charge in [0.05, 0.1) is 0 Å². The molecule has 0 aromatic heterocycles. The van der Waals surface area contributed by atoms with Crippen LogP contribution in [-0.2, 0) is 0 Å². The monoisotopic (exact) mass is 362 g/mol. The van der Waals surface area contributed by atoms with Gasteiger partial charge in [-0.25, -0.2) is 0 Å². The number of aromatic hydroxyl groups is 1. The van der Waals surface area contributed by atoms with Crippen LogP contribution >= 0.6 is 31.9 Å². The summed E-state index contributed by atoms with van der Waals surface area (Å²) in [5.74, 6) is 0.345. The summed E-state index contributed by atoms with van der Waals surface area (Å²) < 4.78 is 1.84. The molecule has 0 spiro atoms. The zero-order chi connectivity index (χ0) is 12.4. The molecule has 1 aromatic rings. The van der Waals surface area contributed by atoms with Crippen molar-refractivity contribution < 1.29 is 5.11 Å². The van der Waals surface area contributed by atoms with Crippen molar-refractivity contribution in [3.05, 3.63) is 26.6 Å². The summed E-state index contributed by atoms with van der Waals surface area (Å²) in [7, 11) is 0. The Morgan fingerprint density at radius 3 is 2.53 bits per heavy atom. The summed E-state index contributed by atoms with van der Waals surface area (Å²) >= 11 is 6.91. The molecule has 1 atom stereocenters. The molecule has 1 heterocycles. The van der Waals surface area contributed by atoms with E-state index in [-0.39, 0.29) is 6.04 Å². The number of hydrogen-bond donors (Lipinski definition) is 2. The maximum absolute atomic E-state index is 10.1. The number of nitrogens with one attached hydrogen (secondary N) is 1. The van der Waals surface area contributed by atoms with Crippen LogP contribution in [0.1, 0.15) is 18.5 Å². The summed E-state index contributed by atoms with van der Waals surface area (Å²) in [6.07, 6.45) is 0. The van der Waals surface area contributed by atoms with Gasteiger partial charge >= 0.3 is 0 Å². The van der Waals surface area contributed by atoms with E-state index in [1.54, 1.807) is 6.07 Å². The second kappa shape index (κ2) is 5.69. The summed E-state index contributed by atoms with van der Waals surface area (Å²) in [5.41, 5.74) is 0.968. The summed E-state index contributed by atoms with van der Waals surface area (Å²) in [6, 6.07) is 3.95. The van der Waals surface area contributed by atoms with Crippen molar-refractivity contribution in [2.24, 2.45) is 0 Å². The molecule has 0 radical (unpaired) electrons. The Balaban J connectivity index is 2.26. The highest BCUT2D eigenvalue weighted by atomic mass is 79.9. The Bertz CT molecular complexity index is 382. The highest BCUT2D eigenvalue weighted by molar-refractivity contribution is 9.11. The lowest BCUT2D eigenvalue weighted by molar-refractivity contribution is 0.182. The quantitative estimate of drug-likeness (QED) is 0.848. The Morgan fingerprint density at radius 2 is 1.94 bits per heavy atom. The SMILES string of the molecule is C[C@H](c1c(O)cc(Br)cc1Br)N1CCNCC1. The van der Waals surface area contributed by atoms with Crippen molar-refractivity contribution in [2.75, 3.05) is 26.2 Å². The third-order valence-corrected chi connectivity index (χ3v) is 4.30. The fraction of sp³-hybridized carbons (Fsp3) is 0.500. The second-order valence-electron chi connectivity index (χ2n) is 4.28. The molecule has 0 amide bonds. The van der Waals surface area contributed by atoms with Gasteiger partial charge in [0.25, 0.3) is 0 Å². The summed E-state index contributed by atoms with van der Waals surface area (Å²) in [5, 5.41) is 13.4.